The van der Waals surface area contributed by atoms with Gasteiger partial charge in [0.1, 0.15) is 17.3 Å². The highest BCUT2D eigenvalue weighted by atomic mass is 16.5. The number of amides is 1. The molecule has 2 aromatic rings. The number of nitrogens with two attached hydrogens (primary N) is 1. The molecule has 1 heterocycles. The quantitative estimate of drug-likeness (QED) is 0.598. The summed E-state index contributed by atoms with van der Waals surface area (Å²) < 4.78 is 6.96. The Bertz CT molecular complexity index is 1020. The largest absolute Gasteiger partial charge is 0.497 e. The molecule has 1 amide bonds. The van der Waals surface area contributed by atoms with Crippen LogP contribution in [0.15, 0.2) is 39.9 Å². The number of hydrogen-bond donors (Lipinski definition) is 2. The van der Waals surface area contributed by atoms with Crippen LogP contribution in [0.3, 0.4) is 0 Å². The Morgan fingerprint density at radius 1 is 1.42 bits per heavy atom. The van der Waals surface area contributed by atoms with Crippen LogP contribution in [0.2, 0.25) is 0 Å². The second-order valence-electron chi connectivity index (χ2n) is 5.30. The van der Waals surface area contributed by atoms with E-state index in [1.807, 2.05) is 0 Å². The van der Waals surface area contributed by atoms with Crippen LogP contribution in [-0.2, 0) is 18.4 Å². The number of aromatic nitrogens is 2. The van der Waals surface area contributed by atoms with Gasteiger partial charge in [-0.1, -0.05) is 18.1 Å². The number of methoxy groups -OCH3 is 1. The van der Waals surface area contributed by atoms with E-state index in [2.05, 4.69) is 11.2 Å². The minimum atomic E-state index is -0.758. The molecule has 0 radical (unpaired) electrons. The van der Waals surface area contributed by atoms with Crippen molar-refractivity contribution in [3.05, 3.63) is 56.7 Å². The van der Waals surface area contributed by atoms with Crippen LogP contribution in [0.25, 0.3) is 6.08 Å². The molecule has 0 aliphatic rings. The van der Waals surface area contributed by atoms with Crippen molar-refractivity contribution >= 4 is 23.5 Å². The second kappa shape index (κ2) is 7.90. The van der Waals surface area contributed by atoms with Gasteiger partial charge in [0.25, 0.3) is 5.56 Å². The van der Waals surface area contributed by atoms with Crippen molar-refractivity contribution in [1.82, 2.24) is 9.13 Å². The Hall–Kier alpha value is -3.73. The van der Waals surface area contributed by atoms with E-state index in [0.29, 0.717) is 5.75 Å². The minimum absolute atomic E-state index is 0.156. The molecule has 26 heavy (non-hydrogen) atoms. The lowest BCUT2D eigenvalue weighted by molar-refractivity contribution is -0.111. The zero-order valence-electron chi connectivity index (χ0n) is 14.4. The number of terminal acetylenes is 1. The average Bonchev–Trinajstić information content (AvgIpc) is 2.65. The van der Waals surface area contributed by atoms with Gasteiger partial charge in [-0.05, 0) is 23.8 Å². The Kier molecular flexibility index (Phi) is 5.65. The summed E-state index contributed by atoms with van der Waals surface area (Å²) in [7, 11) is 2.92. The van der Waals surface area contributed by atoms with Crippen molar-refractivity contribution in [2.24, 2.45) is 7.05 Å². The average molecular weight is 354 g/mol. The Balaban J connectivity index is 2.32. The van der Waals surface area contributed by atoms with Gasteiger partial charge < -0.3 is 15.8 Å². The number of carbonyl (C=O) groups is 1. The fraction of sp³-hybridized carbons (Fsp3) is 0.167. The van der Waals surface area contributed by atoms with E-state index < -0.39 is 17.2 Å². The van der Waals surface area contributed by atoms with Gasteiger partial charge in [-0.15, -0.1) is 6.42 Å². The number of hydrogen-bond acceptors (Lipinski definition) is 5. The molecule has 0 unspecified atom stereocenters. The van der Waals surface area contributed by atoms with E-state index in [4.69, 9.17) is 16.9 Å². The standard InChI is InChI=1S/C18H18N4O4/c1-4-10-22-17(24)15(16(19)21(2)18(22)25)20-14(23)9-8-12-6-5-7-13(11-12)26-3/h1,5-9,11H,10,19H2,2-3H3,(H,20,23)/b9-8+. The van der Waals surface area contributed by atoms with Gasteiger partial charge in [0.15, 0.2) is 0 Å². The number of nitrogen functional groups attached to an aromatic ring is 1. The Morgan fingerprint density at radius 2 is 2.15 bits per heavy atom. The first-order valence-corrected chi connectivity index (χ1v) is 7.55. The lowest BCUT2D eigenvalue weighted by Gasteiger charge is -2.12. The summed E-state index contributed by atoms with van der Waals surface area (Å²) in [5.41, 5.74) is 4.90. The molecule has 0 bridgehead atoms. The summed E-state index contributed by atoms with van der Waals surface area (Å²) in [6.45, 7) is -0.228. The molecular weight excluding hydrogens is 336 g/mol. The van der Waals surface area contributed by atoms with Crippen LogP contribution in [0.4, 0.5) is 11.5 Å². The van der Waals surface area contributed by atoms with Crippen molar-refractivity contribution in [3.63, 3.8) is 0 Å². The van der Waals surface area contributed by atoms with E-state index in [9.17, 15) is 14.4 Å². The topological polar surface area (TPSA) is 108 Å². The second-order valence-corrected chi connectivity index (χ2v) is 5.30. The van der Waals surface area contributed by atoms with Crippen molar-refractivity contribution in [1.29, 1.82) is 0 Å². The van der Waals surface area contributed by atoms with Gasteiger partial charge >= 0.3 is 5.69 Å². The smallest absolute Gasteiger partial charge is 0.333 e. The summed E-state index contributed by atoms with van der Waals surface area (Å²) in [4.78, 5) is 36.5. The van der Waals surface area contributed by atoms with Crippen LogP contribution in [0.1, 0.15) is 5.56 Å². The molecule has 2 rings (SSSR count). The van der Waals surface area contributed by atoms with Gasteiger partial charge in [0.05, 0.1) is 13.7 Å². The van der Waals surface area contributed by atoms with Crippen LogP contribution in [0.5, 0.6) is 5.75 Å². The Labute approximate surface area is 149 Å². The SMILES string of the molecule is C#CCn1c(=O)c(NC(=O)/C=C/c2cccc(OC)c2)c(N)n(C)c1=O. The first-order chi connectivity index (χ1) is 12.4. The van der Waals surface area contributed by atoms with Gasteiger partial charge in [-0.25, -0.2) is 9.36 Å². The van der Waals surface area contributed by atoms with E-state index >= 15 is 0 Å². The molecule has 0 saturated heterocycles. The molecule has 8 nitrogen and oxygen atoms in total. The normalized spacial score (nSPS) is 10.5. The first kappa shape index (κ1) is 18.6. The van der Waals surface area contributed by atoms with Crippen molar-refractivity contribution < 1.29 is 9.53 Å². The van der Waals surface area contributed by atoms with E-state index in [0.717, 1.165) is 14.7 Å². The molecule has 3 N–H and O–H groups in total. The molecule has 1 aromatic carbocycles. The maximum Gasteiger partial charge on any atom is 0.333 e. The third-order valence-electron chi connectivity index (χ3n) is 3.61. The fourth-order valence-electron chi connectivity index (χ4n) is 2.21. The summed E-state index contributed by atoms with van der Waals surface area (Å²) in [5, 5.41) is 2.40. The lowest BCUT2D eigenvalue weighted by Crippen LogP contribution is -2.41. The molecular formula is C18H18N4O4. The highest BCUT2D eigenvalue weighted by Crippen LogP contribution is 2.14. The maximum atomic E-state index is 12.4. The first-order valence-electron chi connectivity index (χ1n) is 7.55. The summed E-state index contributed by atoms with van der Waals surface area (Å²) >= 11 is 0. The molecule has 1 aromatic heterocycles. The van der Waals surface area contributed by atoms with Crippen molar-refractivity contribution in [2.75, 3.05) is 18.2 Å². The van der Waals surface area contributed by atoms with Crippen LogP contribution < -0.4 is 27.0 Å². The van der Waals surface area contributed by atoms with Gasteiger partial charge in [-0.3, -0.25) is 14.2 Å². The van der Waals surface area contributed by atoms with Crippen molar-refractivity contribution in [2.45, 2.75) is 6.54 Å². The minimum Gasteiger partial charge on any atom is -0.497 e. The number of anilines is 2. The van der Waals surface area contributed by atoms with Crippen LogP contribution in [0, 0.1) is 12.3 Å². The van der Waals surface area contributed by atoms with E-state index in [1.165, 1.54) is 13.1 Å². The van der Waals surface area contributed by atoms with Gasteiger partial charge in [-0.2, -0.15) is 0 Å². The highest BCUT2D eigenvalue weighted by molar-refractivity contribution is 6.03. The maximum absolute atomic E-state index is 12.4. The van der Waals surface area contributed by atoms with Gasteiger partial charge in [0, 0.05) is 13.1 Å². The molecule has 8 heteroatoms. The fourth-order valence-corrected chi connectivity index (χ4v) is 2.21. The number of nitrogens with zero attached hydrogens (tertiary/aromatic N) is 2. The third-order valence-corrected chi connectivity index (χ3v) is 3.61. The predicted molar refractivity (Wildman–Crippen MR) is 99.8 cm³/mol. The third kappa shape index (κ3) is 3.84. The highest BCUT2D eigenvalue weighted by Gasteiger charge is 2.16. The zero-order chi connectivity index (χ0) is 19.3. The zero-order valence-corrected chi connectivity index (χ0v) is 14.4. The monoisotopic (exact) mass is 354 g/mol. The molecule has 0 spiro atoms. The molecule has 0 atom stereocenters. The number of ether oxygens (including phenoxy) is 1. The summed E-state index contributed by atoms with van der Waals surface area (Å²) in [6.07, 6.45) is 7.97. The van der Waals surface area contributed by atoms with Crippen molar-refractivity contribution in [3.8, 4) is 18.1 Å². The van der Waals surface area contributed by atoms with Crippen LogP contribution in [-0.4, -0.2) is 22.2 Å². The summed E-state index contributed by atoms with van der Waals surface area (Å²) in [6, 6.07) is 7.08. The summed E-state index contributed by atoms with van der Waals surface area (Å²) in [5.74, 6) is 2.13. The van der Waals surface area contributed by atoms with Crippen LogP contribution >= 0.6 is 0 Å². The number of carbonyl (C=O) groups excluding carboxylic acids is 1. The Morgan fingerprint density at radius 3 is 2.81 bits per heavy atom. The number of benzene rings is 1. The van der Waals surface area contributed by atoms with Gasteiger partial charge in [0.2, 0.25) is 5.91 Å². The number of nitrogens with one attached hydrogen (secondary N) is 1. The predicted octanol–water partition coefficient (Wildman–Crippen LogP) is 0.423. The molecule has 0 aliphatic carbocycles. The lowest BCUT2D eigenvalue weighted by atomic mass is 10.2. The van der Waals surface area contributed by atoms with E-state index in [1.54, 1.807) is 37.5 Å². The number of rotatable bonds is 5. The molecule has 0 saturated carbocycles. The van der Waals surface area contributed by atoms with E-state index in [-0.39, 0.29) is 18.1 Å². The molecule has 0 fully saturated rings. The molecule has 0 aliphatic heterocycles. The molecule has 134 valence electrons.